The number of anilines is 1. The van der Waals surface area contributed by atoms with Gasteiger partial charge >= 0.3 is 0 Å². The molecular weight excluding hydrogens is 558 g/mol. The lowest BCUT2D eigenvalue weighted by atomic mass is 9.84. The molecular formula is C26H34ClN7O5S. The number of aliphatic hydroxyl groups excluding tert-OH is 1. The number of likely N-dealkylation sites (tertiary alicyclic amines) is 1. The Balaban J connectivity index is 1.46. The molecule has 2 amide bonds. The van der Waals surface area contributed by atoms with Crippen LogP contribution in [0.1, 0.15) is 49.9 Å². The lowest BCUT2D eigenvalue weighted by molar-refractivity contribution is -0.131. The van der Waals surface area contributed by atoms with Gasteiger partial charge in [0.25, 0.3) is 5.91 Å². The highest BCUT2D eigenvalue weighted by molar-refractivity contribution is 7.88. The lowest BCUT2D eigenvalue weighted by Gasteiger charge is -2.40. The maximum atomic E-state index is 14.0. The van der Waals surface area contributed by atoms with Crippen molar-refractivity contribution in [3.05, 3.63) is 46.3 Å². The minimum Gasteiger partial charge on any atom is -0.390 e. The number of aliphatic hydroxyl groups is 1. The standard InChI is InChI=1S/C26H34ClN7O5S/c1-15-12-34-22(29-24(15)32-13-17(23(28)36)21(35)14-32)11-19(30-34)20-6-4-5-9-33(20)25(37)18-10-16(27)7-8-26(18,2)31-40(3,38)39/h7,10-12,17,20-21,31,35H,4-6,8-9,13-14H2,1-3H3,(H2,28,36)/t17-,20-,21-,26?/m0/s1. The molecule has 4 atom stereocenters. The van der Waals surface area contributed by atoms with Crippen molar-refractivity contribution in [3.63, 3.8) is 0 Å². The number of aryl methyl sites for hydroxylation is 1. The second-order valence-corrected chi connectivity index (χ2v) is 13.4. The third-order valence-electron chi connectivity index (χ3n) is 7.91. The number of nitrogens with zero attached hydrogens (tertiary/aromatic N) is 5. The van der Waals surface area contributed by atoms with Crippen LogP contribution in [0.3, 0.4) is 0 Å². The van der Waals surface area contributed by atoms with Crippen molar-refractivity contribution in [3.8, 4) is 0 Å². The van der Waals surface area contributed by atoms with Crippen LogP contribution in [0, 0.1) is 12.8 Å². The molecule has 1 unspecified atom stereocenters. The minimum absolute atomic E-state index is 0.246. The summed E-state index contributed by atoms with van der Waals surface area (Å²) in [5.41, 5.74) is 6.65. The van der Waals surface area contributed by atoms with E-state index in [1.807, 2.05) is 24.1 Å². The third kappa shape index (κ3) is 5.47. The zero-order valence-electron chi connectivity index (χ0n) is 22.7. The number of hydrogen-bond donors (Lipinski definition) is 3. The van der Waals surface area contributed by atoms with Crippen molar-refractivity contribution in [1.82, 2.24) is 24.2 Å². The Hall–Kier alpha value is -3.00. The van der Waals surface area contributed by atoms with Gasteiger partial charge in [-0.2, -0.15) is 5.10 Å². The van der Waals surface area contributed by atoms with Gasteiger partial charge in [-0.05, 0) is 45.6 Å². The third-order valence-corrected chi connectivity index (χ3v) is 8.99. The minimum atomic E-state index is -3.61. The van der Waals surface area contributed by atoms with E-state index in [1.165, 1.54) is 0 Å². The van der Waals surface area contributed by atoms with Gasteiger partial charge in [0, 0.05) is 48.1 Å². The number of carbonyl (C=O) groups excluding carboxylic acids is 2. The van der Waals surface area contributed by atoms with Crippen molar-refractivity contribution < 1.29 is 23.1 Å². The number of β-amino-alcohol motifs (C(OH)–C–C–N with tert-alkyl or cyclic N) is 1. The molecule has 40 heavy (non-hydrogen) atoms. The summed E-state index contributed by atoms with van der Waals surface area (Å²) in [6.07, 6.45) is 7.93. The average molecular weight is 592 g/mol. The fraction of sp³-hybridized carbons (Fsp3) is 0.538. The van der Waals surface area contributed by atoms with Crippen LogP contribution in [0.5, 0.6) is 0 Å². The maximum Gasteiger partial charge on any atom is 0.252 e. The van der Waals surface area contributed by atoms with Gasteiger partial charge < -0.3 is 20.6 Å². The van der Waals surface area contributed by atoms with Gasteiger partial charge in [0.2, 0.25) is 15.9 Å². The molecule has 2 aromatic heterocycles. The number of allylic oxidation sites excluding steroid dienone is 2. The maximum absolute atomic E-state index is 14.0. The molecule has 4 N–H and O–H groups in total. The predicted octanol–water partition coefficient (Wildman–Crippen LogP) is 1.13. The molecule has 2 fully saturated rings. The normalized spacial score (nSPS) is 27.6. The average Bonchev–Trinajstić information content (AvgIpc) is 3.46. The number of nitrogens with one attached hydrogen (secondary N) is 1. The van der Waals surface area contributed by atoms with E-state index in [0.29, 0.717) is 35.2 Å². The second-order valence-electron chi connectivity index (χ2n) is 11.2. The topological polar surface area (TPSA) is 163 Å². The number of nitrogens with two attached hydrogens (primary N) is 1. The number of hydrogen-bond acceptors (Lipinski definition) is 8. The van der Waals surface area contributed by atoms with Gasteiger partial charge in [0.05, 0.1) is 35.6 Å². The number of sulfonamides is 1. The number of halogens is 1. The first-order valence-electron chi connectivity index (χ1n) is 13.2. The number of fused-ring (bicyclic) bond motifs is 1. The molecule has 216 valence electrons. The molecule has 3 aliphatic rings. The zero-order chi connectivity index (χ0) is 29.0. The number of aromatic nitrogens is 3. The largest absolute Gasteiger partial charge is 0.390 e. The van der Waals surface area contributed by atoms with Gasteiger partial charge in [-0.1, -0.05) is 17.7 Å². The molecule has 0 aromatic carbocycles. The summed E-state index contributed by atoms with van der Waals surface area (Å²) in [6, 6.07) is 1.50. The molecule has 5 rings (SSSR count). The van der Waals surface area contributed by atoms with E-state index in [4.69, 9.17) is 27.4 Å². The van der Waals surface area contributed by atoms with Crippen LogP contribution in [0.4, 0.5) is 5.82 Å². The first-order valence-corrected chi connectivity index (χ1v) is 15.5. The van der Waals surface area contributed by atoms with Gasteiger partial charge in [0.1, 0.15) is 5.82 Å². The van der Waals surface area contributed by atoms with Crippen molar-refractivity contribution in [2.75, 3.05) is 30.8 Å². The SMILES string of the molecule is Cc1cn2nc([C@@H]3CCCCN3C(=O)C3=CC(Cl)=CCC3(C)NS(C)(=O)=O)cc2nc1N1C[C@H](C(N)=O)[C@@H](O)C1. The van der Waals surface area contributed by atoms with Crippen molar-refractivity contribution in [2.24, 2.45) is 11.7 Å². The highest BCUT2D eigenvalue weighted by Crippen LogP contribution is 2.37. The Morgan fingerprint density at radius 2 is 2.02 bits per heavy atom. The van der Waals surface area contributed by atoms with Crippen LogP contribution in [0.25, 0.3) is 5.65 Å². The van der Waals surface area contributed by atoms with E-state index in [-0.39, 0.29) is 37.0 Å². The van der Waals surface area contributed by atoms with Crippen LogP contribution >= 0.6 is 11.6 Å². The monoisotopic (exact) mass is 591 g/mol. The van der Waals surface area contributed by atoms with Crippen LogP contribution in [0.2, 0.25) is 0 Å². The molecule has 2 aromatic rings. The van der Waals surface area contributed by atoms with Gasteiger partial charge in [-0.25, -0.2) is 22.6 Å². The highest BCUT2D eigenvalue weighted by atomic mass is 35.5. The summed E-state index contributed by atoms with van der Waals surface area (Å²) in [6.45, 7) is 4.58. The molecule has 2 saturated heterocycles. The molecule has 1 aliphatic carbocycles. The first kappa shape index (κ1) is 28.5. The quantitative estimate of drug-likeness (QED) is 0.450. The Bertz CT molecular complexity index is 1540. The van der Waals surface area contributed by atoms with Gasteiger partial charge in [0.15, 0.2) is 5.65 Å². The van der Waals surface area contributed by atoms with Gasteiger partial charge in [-0.15, -0.1) is 0 Å². The number of piperidine rings is 1. The predicted molar refractivity (Wildman–Crippen MR) is 150 cm³/mol. The van der Waals surface area contributed by atoms with Crippen molar-refractivity contribution in [2.45, 2.75) is 57.2 Å². The summed E-state index contributed by atoms with van der Waals surface area (Å²) >= 11 is 6.29. The fourth-order valence-corrected chi connectivity index (χ4v) is 7.15. The van der Waals surface area contributed by atoms with E-state index >= 15 is 0 Å². The molecule has 0 radical (unpaired) electrons. The Kier molecular flexibility index (Phi) is 7.44. The number of amides is 2. The number of rotatable bonds is 6. The van der Waals surface area contributed by atoms with Crippen molar-refractivity contribution >= 4 is 44.9 Å². The van der Waals surface area contributed by atoms with Crippen molar-refractivity contribution in [1.29, 1.82) is 0 Å². The first-order chi connectivity index (χ1) is 18.8. The Morgan fingerprint density at radius 3 is 2.70 bits per heavy atom. The Morgan fingerprint density at radius 1 is 1.27 bits per heavy atom. The zero-order valence-corrected chi connectivity index (χ0v) is 24.2. The van der Waals surface area contributed by atoms with Crippen LogP contribution in [-0.4, -0.2) is 82.4 Å². The van der Waals surface area contributed by atoms with Gasteiger partial charge in [-0.3, -0.25) is 9.59 Å². The van der Waals surface area contributed by atoms with E-state index in [0.717, 1.165) is 24.7 Å². The molecule has 4 heterocycles. The Labute approximate surface area is 237 Å². The summed E-state index contributed by atoms with van der Waals surface area (Å²) in [5, 5.41) is 15.4. The van der Waals surface area contributed by atoms with E-state index in [1.54, 1.807) is 28.5 Å². The number of primary amides is 1. The molecule has 0 bridgehead atoms. The van der Waals surface area contributed by atoms with Crippen LogP contribution in [-0.2, 0) is 19.6 Å². The smallest absolute Gasteiger partial charge is 0.252 e. The molecule has 0 saturated carbocycles. The van der Waals surface area contributed by atoms with E-state index < -0.39 is 33.5 Å². The van der Waals surface area contributed by atoms with Crippen LogP contribution < -0.4 is 15.4 Å². The van der Waals surface area contributed by atoms with E-state index in [2.05, 4.69) is 4.72 Å². The molecule has 14 heteroatoms. The molecule has 12 nitrogen and oxygen atoms in total. The lowest BCUT2D eigenvalue weighted by Crippen LogP contribution is -2.53. The second kappa shape index (κ2) is 10.4. The van der Waals surface area contributed by atoms with E-state index in [9.17, 15) is 23.1 Å². The fourth-order valence-electron chi connectivity index (χ4n) is 5.95. The molecule has 2 aliphatic heterocycles. The number of carbonyl (C=O) groups is 2. The summed E-state index contributed by atoms with van der Waals surface area (Å²) in [4.78, 5) is 34.1. The summed E-state index contributed by atoms with van der Waals surface area (Å²) in [7, 11) is -3.61. The summed E-state index contributed by atoms with van der Waals surface area (Å²) in [5.74, 6) is -0.870. The van der Waals surface area contributed by atoms with Crippen LogP contribution in [0.15, 0.2) is 35.0 Å². The highest BCUT2D eigenvalue weighted by Gasteiger charge is 2.42. The summed E-state index contributed by atoms with van der Waals surface area (Å²) < 4.78 is 28.6. The molecule has 0 spiro atoms.